The van der Waals surface area contributed by atoms with Gasteiger partial charge in [-0.15, -0.1) is 0 Å². The van der Waals surface area contributed by atoms with E-state index in [1.807, 2.05) is 84.9 Å². The lowest BCUT2D eigenvalue weighted by Crippen LogP contribution is -2.24. The van der Waals surface area contributed by atoms with Crippen LogP contribution in [-0.4, -0.2) is 16.8 Å². The zero-order valence-electron chi connectivity index (χ0n) is 21.3. The second kappa shape index (κ2) is 10.6. The molecule has 1 heterocycles. The smallest absolute Gasteiger partial charge is 0.123 e. The molecule has 1 aliphatic heterocycles. The van der Waals surface area contributed by atoms with Crippen molar-refractivity contribution in [3.63, 3.8) is 0 Å². The Kier molecular flexibility index (Phi) is 6.68. The summed E-state index contributed by atoms with van der Waals surface area (Å²) in [5, 5.41) is 25.2. The lowest BCUT2D eigenvalue weighted by molar-refractivity contribution is 0.476. The highest BCUT2D eigenvalue weighted by Gasteiger charge is 2.16. The van der Waals surface area contributed by atoms with E-state index in [1.165, 1.54) is 22.3 Å². The molecule has 1 aliphatic rings. The van der Waals surface area contributed by atoms with E-state index in [-0.39, 0.29) is 0 Å². The van der Waals surface area contributed by atoms with Gasteiger partial charge in [0.2, 0.25) is 0 Å². The fraction of sp³-hybridized carbons (Fsp3) is 0.143. The number of benzene rings is 5. The van der Waals surface area contributed by atoms with Crippen molar-refractivity contribution in [3.8, 4) is 33.8 Å². The Morgan fingerprint density at radius 1 is 0.553 bits per heavy atom. The van der Waals surface area contributed by atoms with Crippen LogP contribution in [0, 0.1) is 0 Å². The summed E-state index contributed by atoms with van der Waals surface area (Å²) in [6.07, 6.45) is 2.50. The molecule has 0 aliphatic carbocycles. The molecule has 6 rings (SSSR count). The quantitative estimate of drug-likeness (QED) is 0.231. The summed E-state index contributed by atoms with van der Waals surface area (Å²) in [5.74, 6) is 0.607. The second-order valence-corrected chi connectivity index (χ2v) is 10.1. The second-order valence-electron chi connectivity index (χ2n) is 10.1. The number of phenols is 2. The zero-order valence-corrected chi connectivity index (χ0v) is 21.3. The summed E-state index contributed by atoms with van der Waals surface area (Å²) in [7, 11) is 0. The molecule has 0 fully saturated rings. The van der Waals surface area contributed by atoms with Crippen molar-refractivity contribution in [1.29, 1.82) is 0 Å². The van der Waals surface area contributed by atoms with Crippen molar-refractivity contribution in [1.82, 2.24) is 5.32 Å². The maximum absolute atomic E-state index is 10.8. The molecule has 38 heavy (non-hydrogen) atoms. The van der Waals surface area contributed by atoms with Crippen LogP contribution in [0.15, 0.2) is 109 Å². The molecule has 0 saturated heterocycles. The Morgan fingerprint density at radius 3 is 1.55 bits per heavy atom. The van der Waals surface area contributed by atoms with Crippen LogP contribution in [0.1, 0.15) is 33.4 Å². The van der Waals surface area contributed by atoms with Gasteiger partial charge in [0.05, 0.1) is 0 Å². The van der Waals surface area contributed by atoms with Crippen LogP contribution in [0.2, 0.25) is 0 Å². The Bertz CT molecular complexity index is 1460. The lowest BCUT2D eigenvalue weighted by atomic mass is 9.88. The number of hydrogen-bond donors (Lipinski definition) is 3. The van der Waals surface area contributed by atoms with E-state index < -0.39 is 0 Å². The molecule has 3 heteroatoms. The molecule has 0 spiro atoms. The minimum atomic E-state index is 0.302. The fourth-order valence-electron chi connectivity index (χ4n) is 5.50. The third kappa shape index (κ3) is 5.06. The van der Waals surface area contributed by atoms with Crippen LogP contribution in [-0.2, 0) is 25.8 Å². The van der Waals surface area contributed by atoms with E-state index in [0.29, 0.717) is 11.5 Å². The SMILES string of the molecule is Oc1cc(Cc2cc3c(cc2Cc2ccc(-c4ccccc4)c(O)c2)CNCC3)ccc1-c1ccccc1. The van der Waals surface area contributed by atoms with Crippen LogP contribution in [0.3, 0.4) is 0 Å². The van der Waals surface area contributed by atoms with Crippen LogP contribution < -0.4 is 5.32 Å². The first kappa shape index (κ1) is 24.0. The van der Waals surface area contributed by atoms with Crippen LogP contribution in [0.4, 0.5) is 0 Å². The minimum Gasteiger partial charge on any atom is -0.507 e. The average molecular weight is 498 g/mol. The van der Waals surface area contributed by atoms with Gasteiger partial charge in [0.15, 0.2) is 0 Å². The summed E-state index contributed by atoms with van der Waals surface area (Å²) in [6, 6.07) is 36.7. The van der Waals surface area contributed by atoms with Gasteiger partial charge in [-0.2, -0.15) is 0 Å². The number of hydrogen-bond acceptors (Lipinski definition) is 3. The van der Waals surface area contributed by atoms with Gasteiger partial charge in [-0.05, 0) is 82.4 Å². The zero-order chi connectivity index (χ0) is 25.9. The highest BCUT2D eigenvalue weighted by Crippen LogP contribution is 2.33. The maximum atomic E-state index is 10.8. The Morgan fingerprint density at radius 2 is 1.05 bits per heavy atom. The molecule has 0 aromatic heterocycles. The Labute approximate surface area is 224 Å². The number of fused-ring (bicyclic) bond motifs is 1. The monoisotopic (exact) mass is 497 g/mol. The van der Waals surface area contributed by atoms with E-state index in [4.69, 9.17) is 0 Å². The number of nitrogens with one attached hydrogen (secondary N) is 1. The van der Waals surface area contributed by atoms with Crippen molar-refractivity contribution in [2.45, 2.75) is 25.8 Å². The van der Waals surface area contributed by atoms with Gasteiger partial charge < -0.3 is 15.5 Å². The molecule has 3 nitrogen and oxygen atoms in total. The molecular weight excluding hydrogens is 466 g/mol. The fourth-order valence-corrected chi connectivity index (χ4v) is 5.50. The molecule has 0 unspecified atom stereocenters. The van der Waals surface area contributed by atoms with Crippen molar-refractivity contribution >= 4 is 0 Å². The van der Waals surface area contributed by atoms with E-state index in [2.05, 4.69) is 29.6 Å². The topological polar surface area (TPSA) is 52.5 Å². The van der Waals surface area contributed by atoms with Gasteiger partial charge in [0.1, 0.15) is 11.5 Å². The van der Waals surface area contributed by atoms with Gasteiger partial charge in [0.25, 0.3) is 0 Å². The van der Waals surface area contributed by atoms with Gasteiger partial charge in [0, 0.05) is 17.7 Å². The summed E-state index contributed by atoms with van der Waals surface area (Å²) in [6.45, 7) is 1.88. The largest absolute Gasteiger partial charge is 0.507 e. The molecular formula is C35H31NO2. The van der Waals surface area contributed by atoms with E-state index in [0.717, 1.165) is 65.7 Å². The normalized spacial score (nSPS) is 12.7. The molecule has 5 aromatic rings. The molecule has 5 aromatic carbocycles. The highest BCUT2D eigenvalue weighted by atomic mass is 16.3. The van der Waals surface area contributed by atoms with E-state index in [1.54, 1.807) is 0 Å². The maximum Gasteiger partial charge on any atom is 0.123 e. The molecule has 0 bridgehead atoms. The van der Waals surface area contributed by atoms with Gasteiger partial charge in [-0.3, -0.25) is 0 Å². The van der Waals surface area contributed by atoms with Gasteiger partial charge in [-0.1, -0.05) is 97.1 Å². The number of rotatable bonds is 6. The van der Waals surface area contributed by atoms with Crippen molar-refractivity contribution in [3.05, 3.63) is 143 Å². The predicted molar refractivity (Wildman–Crippen MR) is 155 cm³/mol. The highest BCUT2D eigenvalue weighted by molar-refractivity contribution is 5.71. The van der Waals surface area contributed by atoms with Crippen LogP contribution in [0.25, 0.3) is 22.3 Å². The molecule has 188 valence electrons. The summed E-state index contributed by atoms with van der Waals surface area (Å²) in [5.41, 5.74) is 11.1. The molecule has 0 amide bonds. The van der Waals surface area contributed by atoms with Crippen molar-refractivity contribution in [2.75, 3.05) is 6.54 Å². The standard InChI is InChI=1S/C35H31NO2/c37-34-19-24(11-13-32(34)26-7-3-1-4-8-26)17-29-21-28-15-16-36-23-31(28)22-30(29)18-25-12-14-33(35(38)20-25)27-9-5-2-6-10-27/h1-14,19-22,36-38H,15-18,23H2. The minimum absolute atomic E-state index is 0.302. The Balaban J connectivity index is 1.32. The first-order valence-corrected chi connectivity index (χ1v) is 13.2. The van der Waals surface area contributed by atoms with E-state index >= 15 is 0 Å². The summed E-state index contributed by atoms with van der Waals surface area (Å²) >= 11 is 0. The number of phenolic OH excluding ortho intramolecular Hbond substituents is 2. The first-order chi connectivity index (χ1) is 18.6. The molecule has 0 radical (unpaired) electrons. The third-order valence-electron chi connectivity index (χ3n) is 7.49. The molecule has 3 N–H and O–H groups in total. The van der Waals surface area contributed by atoms with Crippen molar-refractivity contribution in [2.24, 2.45) is 0 Å². The van der Waals surface area contributed by atoms with E-state index in [9.17, 15) is 10.2 Å². The predicted octanol–water partition coefficient (Wildman–Crippen LogP) is 7.26. The van der Waals surface area contributed by atoms with Crippen molar-refractivity contribution < 1.29 is 10.2 Å². The lowest BCUT2D eigenvalue weighted by Gasteiger charge is -2.21. The van der Waals surface area contributed by atoms with Crippen LogP contribution >= 0.6 is 0 Å². The summed E-state index contributed by atoms with van der Waals surface area (Å²) < 4.78 is 0. The average Bonchev–Trinajstić information content (AvgIpc) is 2.94. The molecule has 0 atom stereocenters. The Hall–Kier alpha value is -4.34. The third-order valence-corrected chi connectivity index (χ3v) is 7.49. The molecule has 0 saturated carbocycles. The first-order valence-electron chi connectivity index (χ1n) is 13.2. The van der Waals surface area contributed by atoms with Gasteiger partial charge in [-0.25, -0.2) is 0 Å². The number of aromatic hydroxyl groups is 2. The summed E-state index contributed by atoms with van der Waals surface area (Å²) in [4.78, 5) is 0. The van der Waals surface area contributed by atoms with Gasteiger partial charge >= 0.3 is 0 Å². The van der Waals surface area contributed by atoms with Crippen LogP contribution in [0.5, 0.6) is 11.5 Å².